The van der Waals surface area contributed by atoms with E-state index in [9.17, 15) is 4.79 Å². The van der Waals surface area contributed by atoms with Gasteiger partial charge in [0.05, 0.1) is 13.7 Å². The molecule has 1 aromatic carbocycles. The summed E-state index contributed by atoms with van der Waals surface area (Å²) in [5, 5.41) is 3.02. The number of benzene rings is 1. The van der Waals surface area contributed by atoms with E-state index >= 15 is 0 Å². The molecule has 0 aliphatic carbocycles. The van der Waals surface area contributed by atoms with Crippen molar-refractivity contribution in [2.75, 3.05) is 13.7 Å². The van der Waals surface area contributed by atoms with Crippen molar-refractivity contribution in [2.24, 2.45) is 0 Å². The molecule has 3 rings (SSSR count). The Bertz CT molecular complexity index is 669. The van der Waals surface area contributed by atoms with Gasteiger partial charge in [-0.05, 0) is 24.1 Å². The van der Waals surface area contributed by atoms with Gasteiger partial charge in [-0.15, -0.1) is 0 Å². The maximum atomic E-state index is 12.0. The molecule has 1 unspecified atom stereocenters. The van der Waals surface area contributed by atoms with Crippen molar-refractivity contribution in [2.45, 2.75) is 32.0 Å². The largest absolute Gasteiger partial charge is 0.497 e. The second-order valence-corrected chi connectivity index (χ2v) is 5.64. The lowest BCUT2D eigenvalue weighted by Gasteiger charge is -2.24. The molecule has 1 atom stereocenters. The van der Waals surface area contributed by atoms with Crippen LogP contribution in [0, 0.1) is 0 Å². The van der Waals surface area contributed by atoms with E-state index in [4.69, 9.17) is 9.47 Å². The minimum atomic E-state index is -0.0820. The fraction of sp³-hybridized carbons (Fsp3) is 0.412. The van der Waals surface area contributed by atoms with Gasteiger partial charge in [0, 0.05) is 31.4 Å². The summed E-state index contributed by atoms with van der Waals surface area (Å²) in [4.78, 5) is 16.3. The third-order valence-electron chi connectivity index (χ3n) is 3.94. The van der Waals surface area contributed by atoms with E-state index in [2.05, 4.69) is 14.9 Å². The summed E-state index contributed by atoms with van der Waals surface area (Å²) in [6.45, 7) is 1.22. The third-order valence-corrected chi connectivity index (χ3v) is 3.94. The zero-order valence-corrected chi connectivity index (χ0v) is 13.2. The first kappa shape index (κ1) is 15.6. The zero-order valence-electron chi connectivity index (χ0n) is 13.2. The average Bonchev–Trinajstić information content (AvgIpc) is 3.02. The number of hydrogen-bond acceptors (Lipinski definition) is 4. The van der Waals surface area contributed by atoms with Gasteiger partial charge in [-0.25, -0.2) is 4.98 Å². The SMILES string of the molecule is COc1cccc(COCC(=O)NC2CCc3nccn3C2)c1. The van der Waals surface area contributed by atoms with E-state index in [1.807, 2.05) is 30.5 Å². The van der Waals surface area contributed by atoms with E-state index in [-0.39, 0.29) is 18.6 Å². The molecule has 1 N–H and O–H groups in total. The maximum Gasteiger partial charge on any atom is 0.246 e. The number of aromatic nitrogens is 2. The highest BCUT2D eigenvalue weighted by atomic mass is 16.5. The molecule has 2 heterocycles. The highest BCUT2D eigenvalue weighted by Gasteiger charge is 2.20. The number of imidazole rings is 1. The molecule has 0 saturated heterocycles. The van der Waals surface area contributed by atoms with Crippen LogP contribution in [0.3, 0.4) is 0 Å². The second kappa shape index (κ2) is 7.28. The number of methoxy groups -OCH3 is 1. The van der Waals surface area contributed by atoms with E-state index in [1.165, 1.54) is 0 Å². The van der Waals surface area contributed by atoms with Crippen LogP contribution in [0.1, 0.15) is 17.8 Å². The number of aryl methyl sites for hydroxylation is 1. The Morgan fingerprint density at radius 1 is 1.48 bits per heavy atom. The standard InChI is InChI=1S/C17H21N3O3/c1-22-15-4-2-3-13(9-15)11-23-12-17(21)19-14-5-6-16-18-7-8-20(16)10-14/h2-4,7-9,14H,5-6,10-12H2,1H3,(H,19,21). The van der Waals surface area contributed by atoms with Gasteiger partial charge in [0.15, 0.2) is 0 Å². The van der Waals surface area contributed by atoms with Crippen LogP contribution < -0.4 is 10.1 Å². The van der Waals surface area contributed by atoms with Gasteiger partial charge in [-0.1, -0.05) is 12.1 Å². The fourth-order valence-corrected chi connectivity index (χ4v) is 2.78. The first-order chi connectivity index (χ1) is 11.2. The van der Waals surface area contributed by atoms with Crippen molar-refractivity contribution in [1.29, 1.82) is 0 Å². The number of amides is 1. The Morgan fingerprint density at radius 3 is 3.26 bits per heavy atom. The Morgan fingerprint density at radius 2 is 2.39 bits per heavy atom. The Balaban J connectivity index is 1.41. The highest BCUT2D eigenvalue weighted by Crippen LogP contribution is 2.14. The predicted octanol–water partition coefficient (Wildman–Crippen LogP) is 1.54. The minimum Gasteiger partial charge on any atom is -0.497 e. The predicted molar refractivity (Wildman–Crippen MR) is 85.1 cm³/mol. The molecule has 2 aromatic rings. The van der Waals surface area contributed by atoms with Crippen LogP contribution in [-0.2, 0) is 29.1 Å². The zero-order chi connectivity index (χ0) is 16.1. The second-order valence-electron chi connectivity index (χ2n) is 5.64. The van der Waals surface area contributed by atoms with Crippen LogP contribution in [0.5, 0.6) is 5.75 Å². The molecule has 1 amide bonds. The van der Waals surface area contributed by atoms with Gasteiger partial charge in [0.25, 0.3) is 0 Å². The summed E-state index contributed by atoms with van der Waals surface area (Å²) < 4.78 is 12.7. The molecule has 122 valence electrons. The quantitative estimate of drug-likeness (QED) is 0.878. The van der Waals surface area contributed by atoms with Crippen molar-refractivity contribution in [3.05, 3.63) is 48.0 Å². The fourth-order valence-electron chi connectivity index (χ4n) is 2.78. The number of hydrogen-bond donors (Lipinski definition) is 1. The topological polar surface area (TPSA) is 65.4 Å². The third kappa shape index (κ3) is 4.10. The molecule has 0 fully saturated rings. The molecule has 1 aliphatic rings. The van der Waals surface area contributed by atoms with Crippen molar-refractivity contribution < 1.29 is 14.3 Å². The van der Waals surface area contributed by atoms with E-state index < -0.39 is 0 Å². The molecule has 0 spiro atoms. The summed E-state index contributed by atoms with van der Waals surface area (Å²) in [6, 6.07) is 7.78. The lowest BCUT2D eigenvalue weighted by Crippen LogP contribution is -2.42. The minimum absolute atomic E-state index is 0.0600. The molecule has 1 aromatic heterocycles. The average molecular weight is 315 g/mol. The van der Waals surface area contributed by atoms with Gasteiger partial charge < -0.3 is 19.4 Å². The van der Waals surface area contributed by atoms with Crippen LogP contribution in [0.15, 0.2) is 36.7 Å². The lowest BCUT2D eigenvalue weighted by atomic mass is 10.1. The first-order valence-corrected chi connectivity index (χ1v) is 7.74. The number of nitrogens with one attached hydrogen (secondary N) is 1. The maximum absolute atomic E-state index is 12.0. The summed E-state index contributed by atoms with van der Waals surface area (Å²) in [6.07, 6.45) is 5.56. The van der Waals surface area contributed by atoms with Gasteiger partial charge in [0.1, 0.15) is 18.2 Å². The van der Waals surface area contributed by atoms with Gasteiger partial charge in [0.2, 0.25) is 5.91 Å². The van der Waals surface area contributed by atoms with Crippen LogP contribution in [-0.4, -0.2) is 35.2 Å². The Labute approximate surface area is 135 Å². The van der Waals surface area contributed by atoms with Crippen LogP contribution in [0.25, 0.3) is 0 Å². The summed E-state index contributed by atoms with van der Waals surface area (Å²) in [5.74, 6) is 1.79. The van der Waals surface area contributed by atoms with Crippen LogP contribution >= 0.6 is 0 Å². The summed E-state index contributed by atoms with van der Waals surface area (Å²) >= 11 is 0. The molecular weight excluding hydrogens is 294 g/mol. The van der Waals surface area contributed by atoms with E-state index in [0.717, 1.165) is 36.5 Å². The molecule has 0 saturated carbocycles. The van der Waals surface area contributed by atoms with Crippen LogP contribution in [0.4, 0.5) is 0 Å². The lowest BCUT2D eigenvalue weighted by molar-refractivity contribution is -0.127. The first-order valence-electron chi connectivity index (χ1n) is 7.74. The molecule has 6 heteroatoms. The van der Waals surface area contributed by atoms with Crippen molar-refractivity contribution in [1.82, 2.24) is 14.9 Å². The van der Waals surface area contributed by atoms with Crippen molar-refractivity contribution >= 4 is 5.91 Å². The van der Waals surface area contributed by atoms with Crippen molar-refractivity contribution in [3.8, 4) is 5.75 Å². The van der Waals surface area contributed by atoms with Crippen molar-refractivity contribution in [3.63, 3.8) is 0 Å². The molecular formula is C17H21N3O3. The Kier molecular flexibility index (Phi) is 4.92. The normalized spacial score (nSPS) is 16.7. The highest BCUT2D eigenvalue weighted by molar-refractivity contribution is 5.77. The smallest absolute Gasteiger partial charge is 0.246 e. The number of carbonyl (C=O) groups is 1. The van der Waals surface area contributed by atoms with E-state index in [1.54, 1.807) is 13.3 Å². The summed E-state index contributed by atoms with van der Waals surface area (Å²) in [5.41, 5.74) is 0.984. The van der Waals surface area contributed by atoms with Crippen LogP contribution in [0.2, 0.25) is 0 Å². The summed E-state index contributed by atoms with van der Waals surface area (Å²) in [7, 11) is 1.63. The molecule has 0 radical (unpaired) electrons. The number of fused-ring (bicyclic) bond motifs is 1. The van der Waals surface area contributed by atoms with Gasteiger partial charge >= 0.3 is 0 Å². The number of nitrogens with zero attached hydrogens (tertiary/aromatic N) is 2. The number of ether oxygens (including phenoxy) is 2. The number of carbonyl (C=O) groups excluding carboxylic acids is 1. The van der Waals surface area contributed by atoms with E-state index in [0.29, 0.717) is 6.61 Å². The molecule has 1 aliphatic heterocycles. The Hall–Kier alpha value is -2.34. The number of rotatable bonds is 6. The monoisotopic (exact) mass is 315 g/mol. The molecule has 0 bridgehead atoms. The molecule has 23 heavy (non-hydrogen) atoms. The molecule has 6 nitrogen and oxygen atoms in total. The van der Waals surface area contributed by atoms with Gasteiger partial charge in [-0.3, -0.25) is 4.79 Å². The van der Waals surface area contributed by atoms with Gasteiger partial charge in [-0.2, -0.15) is 0 Å².